The van der Waals surface area contributed by atoms with Crippen molar-refractivity contribution >= 4 is 22.7 Å². The molecule has 0 unspecified atom stereocenters. The van der Waals surface area contributed by atoms with Crippen LogP contribution in [0.1, 0.15) is 45.3 Å². The molecule has 0 saturated carbocycles. The van der Waals surface area contributed by atoms with Crippen LogP contribution in [0, 0.1) is 5.82 Å². The molecule has 5 heteroatoms. The van der Waals surface area contributed by atoms with Crippen LogP contribution in [0.3, 0.4) is 0 Å². The summed E-state index contributed by atoms with van der Waals surface area (Å²) in [6.45, 7) is 1.53. The van der Waals surface area contributed by atoms with Gasteiger partial charge in [-0.15, -0.1) is 0 Å². The number of aromatic nitrogens is 1. The van der Waals surface area contributed by atoms with Gasteiger partial charge >= 0.3 is 5.97 Å². The quantitative estimate of drug-likeness (QED) is 0.512. The molecule has 1 heterocycles. The summed E-state index contributed by atoms with van der Waals surface area (Å²) in [4.78, 5) is 30.1. The van der Waals surface area contributed by atoms with Crippen LogP contribution in [0.5, 0.6) is 0 Å². The van der Waals surface area contributed by atoms with Gasteiger partial charge in [-0.3, -0.25) is 9.78 Å². The van der Waals surface area contributed by atoms with E-state index in [1.165, 1.54) is 31.2 Å². The number of benzene rings is 2. The van der Waals surface area contributed by atoms with Crippen LogP contribution in [0.25, 0.3) is 10.9 Å². The summed E-state index contributed by atoms with van der Waals surface area (Å²) in [5.41, 5.74) is 3.41. The summed E-state index contributed by atoms with van der Waals surface area (Å²) in [5, 5.41) is 0.740. The summed E-state index contributed by atoms with van der Waals surface area (Å²) in [6.07, 6.45) is 1.60. The number of nitrogens with zero attached hydrogens (tertiary/aromatic N) is 1. The summed E-state index contributed by atoms with van der Waals surface area (Å²) >= 11 is 0. The van der Waals surface area contributed by atoms with Crippen LogP contribution in [0.2, 0.25) is 0 Å². The van der Waals surface area contributed by atoms with E-state index in [-0.39, 0.29) is 5.78 Å². The first-order valence-electron chi connectivity index (χ1n) is 8.96. The van der Waals surface area contributed by atoms with Crippen LogP contribution in [0.15, 0.2) is 48.5 Å². The lowest BCUT2D eigenvalue weighted by Gasteiger charge is -2.16. The predicted molar refractivity (Wildman–Crippen MR) is 99.4 cm³/mol. The number of carbonyl (C=O) groups excluding carboxylic acids is 2. The maximum atomic E-state index is 13.1. The number of fused-ring (bicyclic) bond motifs is 2. The number of Topliss-reactive ketones (excluding diaryl/α,β-unsaturated/α-hetero) is 1. The fourth-order valence-electron chi connectivity index (χ4n) is 3.57. The highest BCUT2D eigenvalue weighted by molar-refractivity contribution is 6.07. The van der Waals surface area contributed by atoms with E-state index in [0.717, 1.165) is 41.4 Å². The number of para-hydroxylation sites is 1. The molecule has 0 bridgehead atoms. The van der Waals surface area contributed by atoms with Crippen molar-refractivity contribution in [2.45, 2.75) is 32.3 Å². The van der Waals surface area contributed by atoms with Gasteiger partial charge in [-0.25, -0.2) is 9.18 Å². The van der Waals surface area contributed by atoms with Gasteiger partial charge in [0.25, 0.3) is 0 Å². The number of rotatable bonds is 4. The topological polar surface area (TPSA) is 56.3 Å². The number of pyridine rings is 1. The average Bonchev–Trinajstić information content (AvgIpc) is 3.13. The molecule has 0 fully saturated rings. The number of halogens is 1. The Bertz CT molecular complexity index is 1040. The minimum Gasteiger partial charge on any atom is -0.451 e. The zero-order valence-electron chi connectivity index (χ0n) is 14.9. The molecule has 1 aromatic heterocycles. The fraction of sp³-hybridized carbons (Fsp3) is 0.227. The SMILES string of the molecule is C[C@@H](OC(=O)c1c2c(nc3ccccc13)CCC2)C(=O)c1ccc(F)cc1. The van der Waals surface area contributed by atoms with Crippen molar-refractivity contribution in [3.05, 3.63) is 76.7 Å². The maximum absolute atomic E-state index is 13.1. The van der Waals surface area contributed by atoms with Crippen molar-refractivity contribution in [3.63, 3.8) is 0 Å². The number of hydrogen-bond acceptors (Lipinski definition) is 4. The summed E-state index contributed by atoms with van der Waals surface area (Å²) in [6, 6.07) is 12.7. The van der Waals surface area contributed by atoms with Crippen molar-refractivity contribution in [1.29, 1.82) is 0 Å². The molecule has 0 saturated heterocycles. The van der Waals surface area contributed by atoms with Crippen LogP contribution < -0.4 is 0 Å². The van der Waals surface area contributed by atoms with Gasteiger partial charge in [-0.2, -0.15) is 0 Å². The molecule has 27 heavy (non-hydrogen) atoms. The molecular weight excluding hydrogens is 345 g/mol. The van der Waals surface area contributed by atoms with E-state index in [1.54, 1.807) is 0 Å². The largest absolute Gasteiger partial charge is 0.451 e. The van der Waals surface area contributed by atoms with E-state index >= 15 is 0 Å². The normalized spacial score (nSPS) is 14.0. The molecule has 0 N–H and O–H groups in total. The molecule has 2 aromatic carbocycles. The lowest BCUT2D eigenvalue weighted by Crippen LogP contribution is -2.25. The Hall–Kier alpha value is -3.08. The van der Waals surface area contributed by atoms with Crippen molar-refractivity contribution < 1.29 is 18.7 Å². The van der Waals surface area contributed by atoms with Crippen LogP contribution >= 0.6 is 0 Å². The van der Waals surface area contributed by atoms with E-state index in [1.807, 2.05) is 24.3 Å². The third-order valence-electron chi connectivity index (χ3n) is 4.91. The first-order chi connectivity index (χ1) is 13.0. The van der Waals surface area contributed by atoms with E-state index in [4.69, 9.17) is 4.74 Å². The predicted octanol–water partition coefficient (Wildman–Crippen LogP) is 4.29. The highest BCUT2D eigenvalue weighted by atomic mass is 19.1. The Kier molecular flexibility index (Phi) is 4.44. The molecular formula is C22H18FNO3. The molecule has 136 valence electrons. The third-order valence-corrected chi connectivity index (χ3v) is 4.91. The molecule has 4 nitrogen and oxygen atoms in total. The van der Waals surface area contributed by atoms with E-state index < -0.39 is 17.9 Å². The van der Waals surface area contributed by atoms with Gasteiger partial charge in [-0.05, 0) is 62.1 Å². The minimum absolute atomic E-state index is 0.307. The van der Waals surface area contributed by atoms with E-state index in [0.29, 0.717) is 11.1 Å². The van der Waals surface area contributed by atoms with Gasteiger partial charge in [0, 0.05) is 16.6 Å². The van der Waals surface area contributed by atoms with E-state index in [2.05, 4.69) is 4.98 Å². The monoisotopic (exact) mass is 363 g/mol. The number of hydrogen-bond donors (Lipinski definition) is 0. The second-order valence-corrected chi connectivity index (χ2v) is 6.70. The highest BCUT2D eigenvalue weighted by Crippen LogP contribution is 2.30. The zero-order chi connectivity index (χ0) is 19.0. The molecule has 1 aliphatic rings. The van der Waals surface area contributed by atoms with Gasteiger partial charge in [-0.1, -0.05) is 18.2 Å². The average molecular weight is 363 g/mol. The van der Waals surface area contributed by atoms with Gasteiger partial charge in [0.2, 0.25) is 5.78 Å². The van der Waals surface area contributed by atoms with Gasteiger partial charge < -0.3 is 4.74 Å². The lowest BCUT2D eigenvalue weighted by atomic mass is 10.0. The lowest BCUT2D eigenvalue weighted by molar-refractivity contribution is 0.0319. The second-order valence-electron chi connectivity index (χ2n) is 6.70. The first kappa shape index (κ1) is 17.3. The molecule has 0 radical (unpaired) electrons. The molecule has 3 aromatic rings. The smallest absolute Gasteiger partial charge is 0.339 e. The van der Waals surface area contributed by atoms with Crippen LogP contribution in [0.4, 0.5) is 4.39 Å². The molecule has 1 atom stereocenters. The van der Waals surface area contributed by atoms with E-state index in [9.17, 15) is 14.0 Å². The van der Waals surface area contributed by atoms with Crippen molar-refractivity contribution in [2.24, 2.45) is 0 Å². The Balaban J connectivity index is 1.65. The molecule has 1 aliphatic carbocycles. The van der Waals surface area contributed by atoms with Crippen LogP contribution in [-0.2, 0) is 17.6 Å². The zero-order valence-corrected chi connectivity index (χ0v) is 14.9. The van der Waals surface area contributed by atoms with Crippen molar-refractivity contribution in [1.82, 2.24) is 4.98 Å². The number of esters is 1. The van der Waals surface area contributed by atoms with Crippen molar-refractivity contribution in [3.8, 4) is 0 Å². The number of ketones is 1. The number of aryl methyl sites for hydroxylation is 1. The minimum atomic E-state index is -0.966. The van der Waals surface area contributed by atoms with Gasteiger partial charge in [0.15, 0.2) is 6.10 Å². The Morgan fingerprint density at radius 1 is 1.07 bits per heavy atom. The molecule has 0 aliphatic heterocycles. The molecule has 0 amide bonds. The van der Waals surface area contributed by atoms with Gasteiger partial charge in [0.1, 0.15) is 5.82 Å². The Labute approximate surface area is 156 Å². The molecule has 4 rings (SSSR count). The second kappa shape index (κ2) is 6.91. The number of ether oxygens (including phenoxy) is 1. The summed E-state index contributed by atoms with van der Waals surface area (Å²) < 4.78 is 18.6. The van der Waals surface area contributed by atoms with Crippen molar-refractivity contribution in [2.75, 3.05) is 0 Å². The van der Waals surface area contributed by atoms with Crippen LogP contribution in [-0.4, -0.2) is 22.8 Å². The third kappa shape index (κ3) is 3.21. The first-order valence-corrected chi connectivity index (χ1v) is 8.96. The maximum Gasteiger partial charge on any atom is 0.339 e. The van der Waals surface area contributed by atoms with Gasteiger partial charge in [0.05, 0.1) is 11.1 Å². The number of carbonyl (C=O) groups is 2. The summed E-state index contributed by atoms with van der Waals surface area (Å²) in [5.74, 6) is -1.30. The Morgan fingerprint density at radius 2 is 1.81 bits per heavy atom. The highest BCUT2D eigenvalue weighted by Gasteiger charge is 2.27. The molecule has 0 spiro atoms. The standard InChI is InChI=1S/C22H18FNO3/c1-13(21(25)14-9-11-15(23)12-10-14)27-22(26)20-16-5-2-3-7-18(16)24-19-8-4-6-17(19)20/h2-3,5,7,9-13H,4,6,8H2,1H3/t13-/m1/s1. The summed E-state index contributed by atoms with van der Waals surface area (Å²) in [7, 11) is 0. The Morgan fingerprint density at radius 3 is 2.59 bits per heavy atom. The fourth-order valence-corrected chi connectivity index (χ4v) is 3.57.